The molecule has 2 aromatic carbocycles. The van der Waals surface area contributed by atoms with Gasteiger partial charge in [-0.15, -0.1) is 6.58 Å². The van der Waals surface area contributed by atoms with Crippen LogP contribution in [0.2, 0.25) is 0 Å². The summed E-state index contributed by atoms with van der Waals surface area (Å²) in [4.78, 5) is 48.5. The molecule has 1 N–H and O–H groups in total. The molecule has 9 nitrogen and oxygen atoms in total. The van der Waals surface area contributed by atoms with Crippen molar-refractivity contribution in [1.29, 1.82) is 0 Å². The molecule has 0 bridgehead atoms. The molecule has 9 heteroatoms. The Morgan fingerprint density at radius 1 is 1.00 bits per heavy atom. The lowest BCUT2D eigenvalue weighted by molar-refractivity contribution is -0.157. The van der Waals surface area contributed by atoms with Crippen LogP contribution in [0.1, 0.15) is 16.8 Å². The van der Waals surface area contributed by atoms with Gasteiger partial charge in [-0.05, 0) is 23.3 Å². The van der Waals surface area contributed by atoms with Gasteiger partial charge in [-0.2, -0.15) is 5.01 Å². The van der Waals surface area contributed by atoms with Crippen molar-refractivity contribution in [3.8, 4) is 0 Å². The second-order valence-electron chi connectivity index (χ2n) is 9.64. The first-order valence-electron chi connectivity index (χ1n) is 13.1. The number of hydrazine groups is 1. The first-order valence-corrected chi connectivity index (χ1v) is 13.1. The monoisotopic (exact) mass is 524 g/mol. The lowest BCUT2D eigenvalue weighted by atomic mass is 10.0. The third-order valence-corrected chi connectivity index (χ3v) is 7.05. The zero-order valence-electron chi connectivity index (χ0n) is 21.7. The summed E-state index contributed by atoms with van der Waals surface area (Å²) in [5.74, 6) is -0.309. The second kappa shape index (κ2) is 11.9. The molecule has 0 aliphatic carbocycles. The maximum Gasteiger partial charge on any atom is 0.332 e. The molecule has 0 radical (unpaired) electrons. The largest absolute Gasteiger partial charge is 0.333 e. The van der Waals surface area contributed by atoms with Gasteiger partial charge in [0.25, 0.3) is 0 Å². The molecule has 0 spiro atoms. The van der Waals surface area contributed by atoms with Crippen molar-refractivity contribution >= 4 is 17.8 Å². The number of amides is 4. The van der Waals surface area contributed by atoms with Crippen molar-refractivity contribution in [3.63, 3.8) is 0 Å². The van der Waals surface area contributed by atoms with E-state index < -0.39 is 12.2 Å². The quantitative estimate of drug-likeness (QED) is 0.435. The van der Waals surface area contributed by atoms with E-state index in [1.807, 2.05) is 78.9 Å². The molecule has 1 aromatic heterocycles. The number of nitrogens with zero attached hydrogens (tertiary/aromatic N) is 5. The predicted molar refractivity (Wildman–Crippen MR) is 147 cm³/mol. The lowest BCUT2D eigenvalue weighted by Gasteiger charge is -2.46. The van der Waals surface area contributed by atoms with E-state index in [9.17, 15) is 14.4 Å². The van der Waals surface area contributed by atoms with E-state index in [1.54, 1.807) is 27.1 Å². The van der Waals surface area contributed by atoms with E-state index in [4.69, 9.17) is 0 Å². The smallest absolute Gasteiger partial charge is 0.332 e. The van der Waals surface area contributed by atoms with Gasteiger partial charge in [-0.1, -0.05) is 72.8 Å². The molecule has 2 aliphatic rings. The summed E-state index contributed by atoms with van der Waals surface area (Å²) in [5, 5.41) is 6.24. The van der Waals surface area contributed by atoms with E-state index in [1.165, 1.54) is 5.01 Å². The van der Waals surface area contributed by atoms with Crippen molar-refractivity contribution in [2.24, 2.45) is 0 Å². The van der Waals surface area contributed by atoms with Gasteiger partial charge in [0, 0.05) is 19.2 Å². The number of urea groups is 1. The summed E-state index contributed by atoms with van der Waals surface area (Å²) in [7, 11) is 0. The minimum Gasteiger partial charge on any atom is -0.333 e. The SMILES string of the molecule is C=CCN(C(=O)NCc1ccccc1)N1CC(=O)N2[C@@H](Cc3ccccc3)C(=O)N(Cc3ccccn3)C[C@@H]21. The third-order valence-electron chi connectivity index (χ3n) is 7.05. The number of benzene rings is 2. The van der Waals surface area contributed by atoms with Crippen LogP contribution in [-0.4, -0.2) is 74.5 Å². The molecular formula is C30H32N6O3. The number of pyridine rings is 1. The minimum atomic E-state index is -0.690. The van der Waals surface area contributed by atoms with Gasteiger partial charge in [-0.3, -0.25) is 19.6 Å². The highest BCUT2D eigenvalue weighted by atomic mass is 16.2. The van der Waals surface area contributed by atoms with E-state index in [2.05, 4.69) is 16.9 Å². The molecule has 4 amide bonds. The van der Waals surface area contributed by atoms with Crippen LogP contribution in [0.15, 0.2) is 97.7 Å². The fraction of sp³-hybridized carbons (Fsp3) is 0.267. The third kappa shape index (κ3) is 5.83. The Morgan fingerprint density at radius 3 is 2.36 bits per heavy atom. The van der Waals surface area contributed by atoms with Crippen LogP contribution in [0.25, 0.3) is 0 Å². The number of fused-ring (bicyclic) bond motifs is 1. The molecule has 2 saturated heterocycles. The number of hydrogen-bond donors (Lipinski definition) is 1. The highest BCUT2D eigenvalue weighted by Gasteiger charge is 2.52. The fourth-order valence-electron chi connectivity index (χ4n) is 5.21. The molecular weight excluding hydrogens is 492 g/mol. The van der Waals surface area contributed by atoms with Gasteiger partial charge in [0.05, 0.1) is 31.9 Å². The zero-order valence-corrected chi connectivity index (χ0v) is 21.7. The molecule has 0 saturated carbocycles. The van der Waals surface area contributed by atoms with Crippen LogP contribution in [0, 0.1) is 0 Å². The summed E-state index contributed by atoms with van der Waals surface area (Å²) < 4.78 is 0. The molecule has 2 fully saturated rings. The summed E-state index contributed by atoms with van der Waals surface area (Å²) in [6.45, 7) is 4.97. The number of piperazine rings is 1. The number of hydrogen-bond acceptors (Lipinski definition) is 5. The van der Waals surface area contributed by atoms with Gasteiger partial charge in [0.2, 0.25) is 11.8 Å². The van der Waals surface area contributed by atoms with Crippen molar-refractivity contribution < 1.29 is 14.4 Å². The van der Waals surface area contributed by atoms with Crippen LogP contribution in [0.4, 0.5) is 4.79 Å². The molecule has 2 atom stereocenters. The number of carbonyl (C=O) groups is 3. The maximum absolute atomic E-state index is 13.8. The van der Waals surface area contributed by atoms with Gasteiger partial charge in [0.15, 0.2) is 0 Å². The second-order valence-corrected chi connectivity index (χ2v) is 9.64. The Bertz CT molecular complexity index is 1300. The first kappa shape index (κ1) is 26.1. The molecule has 3 heterocycles. The standard InChI is InChI=1S/C30H32N6O3/c1-2-17-34(30(39)32-19-24-13-7-4-8-14-24)35-22-28(37)36-26(18-23-11-5-3-6-12-23)29(38)33(21-27(35)36)20-25-15-9-10-16-31-25/h2-16,26-27H,1,17-22H2,(H,32,39)/t26-,27+/m0/s1. The van der Waals surface area contributed by atoms with Gasteiger partial charge in [-0.25, -0.2) is 4.79 Å². The summed E-state index contributed by atoms with van der Waals surface area (Å²) >= 11 is 0. The first-order chi connectivity index (χ1) is 19.0. The van der Waals surface area contributed by atoms with Crippen molar-refractivity contribution in [2.75, 3.05) is 19.6 Å². The summed E-state index contributed by atoms with van der Waals surface area (Å²) in [6, 6.07) is 23.9. The Morgan fingerprint density at radius 2 is 1.69 bits per heavy atom. The summed E-state index contributed by atoms with van der Waals surface area (Å²) in [6.07, 6.45) is 3.22. The highest BCUT2D eigenvalue weighted by Crippen LogP contribution is 2.30. The molecule has 2 aliphatic heterocycles. The highest BCUT2D eigenvalue weighted by molar-refractivity contribution is 5.91. The van der Waals surface area contributed by atoms with Crippen LogP contribution in [-0.2, 0) is 29.1 Å². The average Bonchev–Trinajstić information content (AvgIpc) is 3.29. The lowest BCUT2D eigenvalue weighted by Crippen LogP contribution is -2.66. The molecule has 5 rings (SSSR count). The van der Waals surface area contributed by atoms with Crippen LogP contribution in [0.3, 0.4) is 0 Å². The molecule has 39 heavy (non-hydrogen) atoms. The molecule has 200 valence electrons. The van der Waals surface area contributed by atoms with Gasteiger partial charge >= 0.3 is 6.03 Å². The molecule has 3 aromatic rings. The van der Waals surface area contributed by atoms with E-state index in [-0.39, 0.29) is 37.5 Å². The van der Waals surface area contributed by atoms with E-state index in [0.717, 1.165) is 16.8 Å². The number of nitrogens with one attached hydrogen (secondary N) is 1. The fourth-order valence-corrected chi connectivity index (χ4v) is 5.21. The number of aromatic nitrogens is 1. The Labute approximate surface area is 228 Å². The van der Waals surface area contributed by atoms with Crippen LogP contribution in [0.5, 0.6) is 0 Å². The van der Waals surface area contributed by atoms with Gasteiger partial charge < -0.3 is 15.1 Å². The van der Waals surface area contributed by atoms with Gasteiger partial charge in [0.1, 0.15) is 12.2 Å². The Hall–Kier alpha value is -4.50. The van der Waals surface area contributed by atoms with E-state index >= 15 is 0 Å². The normalized spacial score (nSPS) is 19.1. The average molecular weight is 525 g/mol. The Balaban J connectivity index is 1.42. The molecule has 0 unspecified atom stereocenters. The van der Waals surface area contributed by atoms with Crippen LogP contribution >= 0.6 is 0 Å². The predicted octanol–water partition coefficient (Wildman–Crippen LogP) is 2.82. The van der Waals surface area contributed by atoms with Crippen molar-refractivity contribution in [2.45, 2.75) is 31.7 Å². The number of rotatable bonds is 9. The summed E-state index contributed by atoms with van der Waals surface area (Å²) in [5.41, 5.74) is 2.69. The minimum absolute atomic E-state index is 0.00669. The number of carbonyl (C=O) groups excluding carboxylic acids is 3. The van der Waals surface area contributed by atoms with Crippen LogP contribution < -0.4 is 5.32 Å². The van der Waals surface area contributed by atoms with Crippen molar-refractivity contribution in [3.05, 3.63) is 115 Å². The Kier molecular flexibility index (Phi) is 7.98. The van der Waals surface area contributed by atoms with E-state index in [0.29, 0.717) is 19.5 Å². The van der Waals surface area contributed by atoms with Crippen molar-refractivity contribution in [1.82, 2.24) is 30.1 Å². The maximum atomic E-state index is 13.8. The topological polar surface area (TPSA) is 89.1 Å². The zero-order chi connectivity index (χ0) is 27.2.